The van der Waals surface area contributed by atoms with E-state index in [4.69, 9.17) is 20.3 Å². The maximum atomic E-state index is 8.87. The van der Waals surface area contributed by atoms with Crippen LogP contribution in [0.4, 0.5) is 0 Å². The van der Waals surface area contributed by atoms with E-state index in [1.165, 1.54) is 0 Å². The lowest BCUT2D eigenvalue weighted by Crippen LogP contribution is -2.15. The van der Waals surface area contributed by atoms with E-state index in [0.717, 1.165) is 17.7 Å². The van der Waals surface area contributed by atoms with Crippen molar-refractivity contribution < 1.29 is 14.6 Å². The van der Waals surface area contributed by atoms with Gasteiger partial charge >= 0.3 is 0 Å². The number of rotatable bonds is 8. The number of aliphatic hydroxyl groups is 1. The Balaban J connectivity index is 2.64. The molecule has 0 fully saturated rings. The third kappa shape index (κ3) is 4.93. The standard InChI is InChI=1S/C14H23NO3S/c1-10(6-7-16)19-9-12(15)11-4-5-13(17-2)14(8-11)18-3/h4-5,8,10,12,16H,6-7,9,15H2,1-3H3. The third-order valence-electron chi connectivity index (χ3n) is 2.93. The molecular formula is C14H23NO3S. The van der Waals surface area contributed by atoms with E-state index in [-0.39, 0.29) is 12.6 Å². The van der Waals surface area contributed by atoms with Gasteiger partial charge in [-0.3, -0.25) is 0 Å². The third-order valence-corrected chi connectivity index (χ3v) is 4.29. The van der Waals surface area contributed by atoms with Crippen molar-refractivity contribution >= 4 is 11.8 Å². The second kappa shape index (κ2) is 8.30. The highest BCUT2D eigenvalue weighted by Crippen LogP contribution is 2.30. The quantitative estimate of drug-likeness (QED) is 0.766. The molecule has 0 aromatic heterocycles. The molecular weight excluding hydrogens is 262 g/mol. The van der Waals surface area contributed by atoms with Crippen LogP contribution in [-0.2, 0) is 0 Å². The summed E-state index contributed by atoms with van der Waals surface area (Å²) in [7, 11) is 3.23. The monoisotopic (exact) mass is 285 g/mol. The molecule has 0 aliphatic carbocycles. The van der Waals surface area contributed by atoms with E-state index in [1.54, 1.807) is 26.0 Å². The maximum Gasteiger partial charge on any atom is 0.161 e. The SMILES string of the molecule is COc1ccc(C(N)CSC(C)CCO)cc1OC. The van der Waals surface area contributed by atoms with Gasteiger partial charge in [0.25, 0.3) is 0 Å². The maximum absolute atomic E-state index is 8.87. The molecule has 5 heteroatoms. The zero-order valence-electron chi connectivity index (χ0n) is 11.8. The van der Waals surface area contributed by atoms with Crippen molar-refractivity contribution in [1.82, 2.24) is 0 Å². The molecule has 0 saturated heterocycles. The van der Waals surface area contributed by atoms with Gasteiger partial charge in [-0.05, 0) is 24.1 Å². The molecule has 1 rings (SSSR count). The van der Waals surface area contributed by atoms with Gasteiger partial charge in [0.1, 0.15) is 0 Å². The van der Waals surface area contributed by atoms with Crippen LogP contribution in [0.1, 0.15) is 24.9 Å². The highest BCUT2D eigenvalue weighted by atomic mass is 32.2. The fourth-order valence-corrected chi connectivity index (χ4v) is 2.71. The Kier molecular flexibility index (Phi) is 7.05. The zero-order valence-corrected chi connectivity index (χ0v) is 12.6. The van der Waals surface area contributed by atoms with E-state index in [2.05, 4.69) is 6.92 Å². The molecule has 0 amide bonds. The van der Waals surface area contributed by atoms with Gasteiger partial charge in [0.05, 0.1) is 14.2 Å². The number of benzene rings is 1. The van der Waals surface area contributed by atoms with Gasteiger partial charge in [-0.1, -0.05) is 13.0 Å². The highest BCUT2D eigenvalue weighted by Gasteiger charge is 2.12. The molecule has 0 spiro atoms. The summed E-state index contributed by atoms with van der Waals surface area (Å²) in [6, 6.07) is 5.70. The predicted octanol–water partition coefficient (Wildman–Crippen LogP) is 2.21. The molecule has 0 radical (unpaired) electrons. The van der Waals surface area contributed by atoms with Gasteiger partial charge in [0.15, 0.2) is 11.5 Å². The van der Waals surface area contributed by atoms with Crippen LogP contribution in [0, 0.1) is 0 Å². The fourth-order valence-electron chi connectivity index (χ4n) is 1.71. The van der Waals surface area contributed by atoms with E-state index in [0.29, 0.717) is 16.7 Å². The lowest BCUT2D eigenvalue weighted by Gasteiger charge is -2.17. The second-order valence-corrected chi connectivity index (χ2v) is 5.85. The van der Waals surface area contributed by atoms with Crippen LogP contribution >= 0.6 is 11.8 Å². The largest absolute Gasteiger partial charge is 0.493 e. The number of methoxy groups -OCH3 is 2. The average molecular weight is 285 g/mol. The van der Waals surface area contributed by atoms with E-state index >= 15 is 0 Å². The lowest BCUT2D eigenvalue weighted by molar-refractivity contribution is 0.289. The Bertz CT molecular complexity index is 387. The van der Waals surface area contributed by atoms with Crippen LogP contribution < -0.4 is 15.2 Å². The van der Waals surface area contributed by atoms with Crippen LogP contribution in [-0.4, -0.2) is 36.9 Å². The number of hydrogen-bond donors (Lipinski definition) is 2. The predicted molar refractivity (Wildman–Crippen MR) is 80.1 cm³/mol. The summed E-state index contributed by atoms with van der Waals surface area (Å²) in [5, 5.41) is 9.28. The Labute approximate surface area is 119 Å². The second-order valence-electron chi connectivity index (χ2n) is 4.38. The van der Waals surface area contributed by atoms with E-state index in [9.17, 15) is 0 Å². The van der Waals surface area contributed by atoms with Gasteiger partial charge in [-0.2, -0.15) is 11.8 Å². The molecule has 2 atom stereocenters. The van der Waals surface area contributed by atoms with Crippen molar-refractivity contribution in [1.29, 1.82) is 0 Å². The Morgan fingerprint density at radius 2 is 1.95 bits per heavy atom. The first-order valence-electron chi connectivity index (χ1n) is 6.32. The molecule has 108 valence electrons. The molecule has 2 unspecified atom stereocenters. The molecule has 1 aromatic rings. The van der Waals surface area contributed by atoms with Crippen LogP contribution in [0.2, 0.25) is 0 Å². The van der Waals surface area contributed by atoms with E-state index < -0.39 is 0 Å². The topological polar surface area (TPSA) is 64.7 Å². The van der Waals surface area contributed by atoms with Crippen LogP contribution in [0.5, 0.6) is 11.5 Å². The Morgan fingerprint density at radius 1 is 1.26 bits per heavy atom. The van der Waals surface area contributed by atoms with Crippen molar-refractivity contribution in [2.75, 3.05) is 26.6 Å². The lowest BCUT2D eigenvalue weighted by atomic mass is 10.1. The molecule has 3 N–H and O–H groups in total. The van der Waals surface area contributed by atoms with Gasteiger partial charge in [-0.25, -0.2) is 0 Å². The molecule has 4 nitrogen and oxygen atoms in total. The first-order valence-corrected chi connectivity index (χ1v) is 7.37. The molecule has 1 aromatic carbocycles. The normalized spacial score (nSPS) is 13.9. The van der Waals surface area contributed by atoms with E-state index in [1.807, 2.05) is 18.2 Å². The summed E-state index contributed by atoms with van der Waals surface area (Å²) in [5.74, 6) is 2.22. The van der Waals surface area contributed by atoms with Crippen LogP contribution in [0.25, 0.3) is 0 Å². The summed E-state index contributed by atoms with van der Waals surface area (Å²) in [6.07, 6.45) is 0.795. The van der Waals surface area contributed by atoms with Crippen molar-refractivity contribution in [3.05, 3.63) is 23.8 Å². The van der Waals surface area contributed by atoms with Crippen molar-refractivity contribution in [3.8, 4) is 11.5 Å². The molecule has 0 bridgehead atoms. The molecule has 0 saturated carbocycles. The minimum atomic E-state index is -0.0500. The summed E-state index contributed by atoms with van der Waals surface area (Å²) in [5.41, 5.74) is 7.20. The minimum absolute atomic E-state index is 0.0500. The summed E-state index contributed by atoms with van der Waals surface area (Å²) < 4.78 is 10.5. The van der Waals surface area contributed by atoms with Gasteiger partial charge in [0.2, 0.25) is 0 Å². The summed E-state index contributed by atoms with van der Waals surface area (Å²) in [4.78, 5) is 0. The number of hydrogen-bond acceptors (Lipinski definition) is 5. The highest BCUT2D eigenvalue weighted by molar-refractivity contribution is 7.99. The molecule has 0 aliphatic heterocycles. The first kappa shape index (κ1) is 16.1. The Hall–Kier alpha value is -0.910. The van der Waals surface area contributed by atoms with Gasteiger partial charge in [0, 0.05) is 23.7 Å². The fraction of sp³-hybridized carbons (Fsp3) is 0.571. The van der Waals surface area contributed by atoms with Crippen molar-refractivity contribution in [2.24, 2.45) is 5.73 Å². The van der Waals surface area contributed by atoms with Crippen LogP contribution in [0.3, 0.4) is 0 Å². The van der Waals surface area contributed by atoms with Gasteiger partial charge < -0.3 is 20.3 Å². The average Bonchev–Trinajstić information content (AvgIpc) is 2.44. The van der Waals surface area contributed by atoms with Crippen LogP contribution in [0.15, 0.2) is 18.2 Å². The Morgan fingerprint density at radius 3 is 2.53 bits per heavy atom. The minimum Gasteiger partial charge on any atom is -0.493 e. The molecule has 19 heavy (non-hydrogen) atoms. The van der Waals surface area contributed by atoms with Gasteiger partial charge in [-0.15, -0.1) is 0 Å². The zero-order chi connectivity index (χ0) is 14.3. The van der Waals surface area contributed by atoms with Crippen molar-refractivity contribution in [2.45, 2.75) is 24.6 Å². The molecule has 0 heterocycles. The first-order chi connectivity index (χ1) is 9.12. The number of ether oxygens (including phenoxy) is 2. The summed E-state index contributed by atoms with van der Waals surface area (Å²) in [6.45, 7) is 2.32. The number of aliphatic hydroxyl groups excluding tert-OH is 1. The smallest absolute Gasteiger partial charge is 0.161 e. The number of thioether (sulfide) groups is 1. The molecule has 0 aliphatic rings. The summed E-state index contributed by atoms with van der Waals surface area (Å²) >= 11 is 1.77. The van der Waals surface area contributed by atoms with Crippen molar-refractivity contribution in [3.63, 3.8) is 0 Å². The number of nitrogens with two attached hydrogens (primary N) is 1.